The van der Waals surface area contributed by atoms with Gasteiger partial charge in [-0.15, -0.1) is 0 Å². The Morgan fingerprint density at radius 2 is 1.75 bits per heavy atom. The van der Waals surface area contributed by atoms with Crippen LogP contribution in [0.15, 0.2) is 36.9 Å². The van der Waals surface area contributed by atoms with Gasteiger partial charge in [-0.25, -0.2) is 4.79 Å². The Bertz CT molecular complexity index is 582. The maximum atomic E-state index is 12.2. The zero-order chi connectivity index (χ0) is 17.4. The van der Waals surface area contributed by atoms with Gasteiger partial charge in [0.1, 0.15) is 6.61 Å². The Morgan fingerprint density at radius 1 is 1.12 bits per heavy atom. The monoisotopic (exact) mass is 334 g/mol. The van der Waals surface area contributed by atoms with Gasteiger partial charge >= 0.3 is 6.09 Å². The van der Waals surface area contributed by atoms with Crippen molar-refractivity contribution in [2.75, 3.05) is 46.5 Å². The number of benzene rings is 1. The summed E-state index contributed by atoms with van der Waals surface area (Å²) in [7, 11) is 1.55. The third-order valence-electron chi connectivity index (χ3n) is 3.64. The van der Waals surface area contributed by atoms with Crippen molar-refractivity contribution in [3.8, 4) is 11.5 Å². The topological polar surface area (TPSA) is 68.3 Å². The molecule has 0 unspecified atom stereocenters. The number of methoxy groups -OCH3 is 1. The Balaban J connectivity index is 1.78. The van der Waals surface area contributed by atoms with E-state index in [1.54, 1.807) is 29.0 Å². The normalized spacial score (nSPS) is 14.0. The van der Waals surface area contributed by atoms with Crippen molar-refractivity contribution >= 4 is 12.0 Å². The molecule has 1 heterocycles. The summed E-state index contributed by atoms with van der Waals surface area (Å²) >= 11 is 0. The molecule has 1 aromatic carbocycles. The van der Waals surface area contributed by atoms with Crippen LogP contribution in [0.3, 0.4) is 0 Å². The number of carbonyl (C=O) groups excluding carboxylic acids is 2. The summed E-state index contributed by atoms with van der Waals surface area (Å²) in [4.78, 5) is 27.2. The van der Waals surface area contributed by atoms with E-state index in [1.807, 2.05) is 12.1 Å². The van der Waals surface area contributed by atoms with Crippen molar-refractivity contribution in [2.24, 2.45) is 0 Å². The van der Waals surface area contributed by atoms with Crippen molar-refractivity contribution in [3.63, 3.8) is 0 Å². The quantitative estimate of drug-likeness (QED) is 0.738. The van der Waals surface area contributed by atoms with Crippen LogP contribution in [-0.4, -0.2) is 68.3 Å². The van der Waals surface area contributed by atoms with E-state index in [9.17, 15) is 9.59 Å². The molecule has 2 amide bonds. The van der Waals surface area contributed by atoms with Crippen molar-refractivity contribution < 1.29 is 23.8 Å². The zero-order valence-electron chi connectivity index (χ0n) is 13.8. The molecule has 1 fully saturated rings. The second-order valence-electron chi connectivity index (χ2n) is 5.17. The first-order chi connectivity index (χ1) is 11.7. The van der Waals surface area contributed by atoms with Crippen LogP contribution < -0.4 is 9.47 Å². The van der Waals surface area contributed by atoms with Crippen LogP contribution in [0.1, 0.15) is 0 Å². The number of hydrogen-bond acceptors (Lipinski definition) is 5. The van der Waals surface area contributed by atoms with Crippen LogP contribution in [0, 0.1) is 0 Å². The predicted molar refractivity (Wildman–Crippen MR) is 88.2 cm³/mol. The average molecular weight is 334 g/mol. The van der Waals surface area contributed by atoms with Gasteiger partial charge in [0.15, 0.2) is 18.1 Å². The molecule has 130 valence electrons. The number of para-hydroxylation sites is 2. The van der Waals surface area contributed by atoms with Crippen LogP contribution in [0.5, 0.6) is 11.5 Å². The van der Waals surface area contributed by atoms with Gasteiger partial charge in [0, 0.05) is 26.2 Å². The van der Waals surface area contributed by atoms with Crippen molar-refractivity contribution in [2.45, 2.75) is 0 Å². The van der Waals surface area contributed by atoms with E-state index in [4.69, 9.17) is 14.2 Å². The van der Waals surface area contributed by atoms with Gasteiger partial charge in [-0.1, -0.05) is 24.8 Å². The highest BCUT2D eigenvalue weighted by Crippen LogP contribution is 2.25. The zero-order valence-corrected chi connectivity index (χ0v) is 13.8. The lowest BCUT2D eigenvalue weighted by atomic mass is 10.3. The van der Waals surface area contributed by atoms with E-state index < -0.39 is 0 Å². The number of carbonyl (C=O) groups is 2. The fourth-order valence-corrected chi connectivity index (χ4v) is 2.33. The van der Waals surface area contributed by atoms with Gasteiger partial charge in [-0.2, -0.15) is 0 Å². The highest BCUT2D eigenvalue weighted by molar-refractivity contribution is 5.78. The van der Waals surface area contributed by atoms with Gasteiger partial charge in [-0.3, -0.25) is 4.79 Å². The maximum absolute atomic E-state index is 12.2. The molecule has 7 heteroatoms. The number of ether oxygens (including phenoxy) is 3. The molecule has 7 nitrogen and oxygen atoms in total. The van der Waals surface area contributed by atoms with Crippen LogP contribution in [-0.2, 0) is 9.53 Å². The first-order valence-corrected chi connectivity index (χ1v) is 7.72. The molecule has 0 aliphatic carbocycles. The second-order valence-corrected chi connectivity index (χ2v) is 5.17. The molecule has 2 rings (SSSR count). The Labute approximate surface area is 141 Å². The van der Waals surface area contributed by atoms with Crippen molar-refractivity contribution in [3.05, 3.63) is 36.9 Å². The number of amides is 2. The van der Waals surface area contributed by atoms with Gasteiger partial charge in [-0.05, 0) is 12.1 Å². The van der Waals surface area contributed by atoms with Crippen molar-refractivity contribution in [1.29, 1.82) is 0 Å². The summed E-state index contributed by atoms with van der Waals surface area (Å²) in [6.45, 7) is 5.41. The first kappa shape index (κ1) is 17.7. The van der Waals surface area contributed by atoms with E-state index in [2.05, 4.69) is 6.58 Å². The van der Waals surface area contributed by atoms with E-state index in [1.165, 1.54) is 6.08 Å². The number of hydrogen-bond donors (Lipinski definition) is 0. The minimum absolute atomic E-state index is 0.0682. The first-order valence-electron chi connectivity index (χ1n) is 7.72. The molecule has 1 saturated heterocycles. The largest absolute Gasteiger partial charge is 0.493 e. The molecule has 0 bridgehead atoms. The molecule has 0 saturated carbocycles. The minimum atomic E-state index is -0.382. The highest BCUT2D eigenvalue weighted by Gasteiger charge is 2.25. The molecule has 1 aliphatic rings. The Kier molecular flexibility index (Phi) is 6.48. The summed E-state index contributed by atoms with van der Waals surface area (Å²) in [5.74, 6) is 0.986. The Hall–Kier alpha value is -2.70. The molecule has 24 heavy (non-hydrogen) atoms. The molecular formula is C17H22N2O5. The fraction of sp³-hybridized carbons (Fsp3) is 0.412. The molecule has 1 aromatic rings. The lowest BCUT2D eigenvalue weighted by molar-refractivity contribution is -0.134. The Morgan fingerprint density at radius 3 is 2.38 bits per heavy atom. The third kappa shape index (κ3) is 4.65. The SMILES string of the molecule is C=CCOC(=O)N1CCN(C(=O)COc2ccccc2OC)CC1. The van der Waals surface area contributed by atoms with Crippen molar-refractivity contribution in [1.82, 2.24) is 9.80 Å². The minimum Gasteiger partial charge on any atom is -0.493 e. The molecule has 1 aliphatic heterocycles. The summed E-state index contributed by atoms with van der Waals surface area (Å²) in [5.41, 5.74) is 0. The van der Waals surface area contributed by atoms with E-state index >= 15 is 0 Å². The van der Waals surface area contributed by atoms with E-state index in [0.29, 0.717) is 37.7 Å². The summed E-state index contributed by atoms with van der Waals surface area (Å²) in [6.07, 6.45) is 1.14. The molecule has 0 spiro atoms. The van der Waals surface area contributed by atoms with Crippen LogP contribution in [0.25, 0.3) is 0 Å². The predicted octanol–water partition coefficient (Wildman–Crippen LogP) is 1.54. The lowest BCUT2D eigenvalue weighted by Gasteiger charge is -2.34. The summed E-state index contributed by atoms with van der Waals surface area (Å²) in [5, 5.41) is 0. The van der Waals surface area contributed by atoms with Gasteiger partial charge in [0.25, 0.3) is 5.91 Å². The van der Waals surface area contributed by atoms with E-state index in [-0.39, 0.29) is 25.2 Å². The molecule has 0 N–H and O–H groups in total. The average Bonchev–Trinajstić information content (AvgIpc) is 2.64. The van der Waals surface area contributed by atoms with Gasteiger partial charge < -0.3 is 24.0 Å². The summed E-state index contributed by atoms with van der Waals surface area (Å²) < 4.78 is 15.7. The molecular weight excluding hydrogens is 312 g/mol. The van der Waals surface area contributed by atoms with Gasteiger partial charge in [0.05, 0.1) is 7.11 Å². The van der Waals surface area contributed by atoms with Crippen LogP contribution >= 0.6 is 0 Å². The lowest BCUT2D eigenvalue weighted by Crippen LogP contribution is -2.51. The smallest absolute Gasteiger partial charge is 0.410 e. The third-order valence-corrected chi connectivity index (χ3v) is 3.64. The standard InChI is InChI=1S/C17H22N2O5/c1-3-12-23-17(21)19-10-8-18(9-11-19)16(20)13-24-15-7-5-4-6-14(15)22-2/h3-7H,1,8-13H2,2H3. The molecule has 0 aromatic heterocycles. The number of rotatable bonds is 6. The molecule has 0 atom stereocenters. The highest BCUT2D eigenvalue weighted by atomic mass is 16.6. The van der Waals surface area contributed by atoms with Crippen LogP contribution in [0.2, 0.25) is 0 Å². The van der Waals surface area contributed by atoms with Gasteiger partial charge in [0.2, 0.25) is 0 Å². The molecule has 0 radical (unpaired) electrons. The summed E-state index contributed by atoms with van der Waals surface area (Å²) in [6, 6.07) is 7.17. The number of nitrogens with zero attached hydrogens (tertiary/aromatic N) is 2. The maximum Gasteiger partial charge on any atom is 0.410 e. The van der Waals surface area contributed by atoms with Crippen LogP contribution in [0.4, 0.5) is 4.79 Å². The number of piperazine rings is 1. The van der Waals surface area contributed by atoms with E-state index in [0.717, 1.165) is 0 Å². The second kappa shape index (κ2) is 8.81. The fourth-order valence-electron chi connectivity index (χ4n) is 2.33.